The average Bonchev–Trinajstić information content (AvgIpc) is 2.04. The van der Waals surface area contributed by atoms with Gasteiger partial charge in [-0.15, -0.1) is 0 Å². The second-order valence-electron chi connectivity index (χ2n) is 4.47. The summed E-state index contributed by atoms with van der Waals surface area (Å²) in [6.07, 6.45) is 0. The maximum Gasteiger partial charge on any atom is 0.0600 e. The van der Waals surface area contributed by atoms with Gasteiger partial charge in [0.25, 0.3) is 0 Å². The van der Waals surface area contributed by atoms with Crippen LogP contribution in [0.4, 0.5) is 0 Å². The molecule has 1 rings (SSSR count). The van der Waals surface area contributed by atoms with Crippen LogP contribution in [0.5, 0.6) is 0 Å². The summed E-state index contributed by atoms with van der Waals surface area (Å²) < 4.78 is 5.66. The Labute approximate surface area is 81.4 Å². The molecule has 0 N–H and O–H groups in total. The Morgan fingerprint density at radius 2 is 1.85 bits per heavy atom. The zero-order valence-electron chi connectivity index (χ0n) is 9.05. The quantitative estimate of drug-likeness (QED) is 0.648. The first-order valence-electron chi connectivity index (χ1n) is 5.07. The summed E-state index contributed by atoms with van der Waals surface area (Å²) in [6.45, 7) is 12.4. The highest BCUT2D eigenvalue weighted by molar-refractivity contribution is 4.67. The molecule has 77 valence electrons. The van der Waals surface area contributed by atoms with Gasteiger partial charge in [0.15, 0.2) is 0 Å². The van der Waals surface area contributed by atoms with E-state index in [-0.39, 0.29) is 5.60 Å². The Kier molecular flexibility index (Phi) is 4.16. The highest BCUT2D eigenvalue weighted by Crippen LogP contribution is 2.06. The molecule has 0 saturated carbocycles. The first-order valence-corrected chi connectivity index (χ1v) is 5.07. The van der Waals surface area contributed by atoms with Crippen molar-refractivity contribution >= 4 is 0 Å². The molecule has 13 heavy (non-hydrogen) atoms. The van der Waals surface area contributed by atoms with Gasteiger partial charge >= 0.3 is 0 Å². The van der Waals surface area contributed by atoms with E-state index in [4.69, 9.17) is 4.74 Å². The van der Waals surface area contributed by atoms with Crippen molar-refractivity contribution in [2.45, 2.75) is 26.4 Å². The maximum atomic E-state index is 5.66. The van der Waals surface area contributed by atoms with Gasteiger partial charge in [-0.05, 0) is 20.8 Å². The van der Waals surface area contributed by atoms with Crippen LogP contribution in [0.15, 0.2) is 0 Å². The van der Waals surface area contributed by atoms with E-state index >= 15 is 0 Å². The molecule has 0 atom stereocenters. The predicted octanol–water partition coefficient (Wildman–Crippen LogP) is 0.722. The molecule has 1 saturated heterocycles. The molecule has 0 bridgehead atoms. The lowest BCUT2D eigenvalue weighted by Gasteiger charge is -2.28. The van der Waals surface area contributed by atoms with Gasteiger partial charge < -0.3 is 4.74 Å². The maximum absolute atomic E-state index is 5.66. The van der Waals surface area contributed by atoms with Crippen molar-refractivity contribution in [2.24, 2.45) is 0 Å². The lowest BCUT2D eigenvalue weighted by molar-refractivity contribution is -0.0141. The molecule has 0 aromatic heterocycles. The standard InChI is InChI=1S/C10H21N2O/c1-10(2,3)13-9-8-12-6-4-11-5-7-12/h4-9H2,1-3H3. The lowest BCUT2D eigenvalue weighted by Crippen LogP contribution is -2.42. The van der Waals surface area contributed by atoms with Crippen molar-refractivity contribution < 1.29 is 4.74 Å². The number of piperazine rings is 1. The summed E-state index contributed by atoms with van der Waals surface area (Å²) in [7, 11) is 0. The first kappa shape index (κ1) is 11.0. The molecule has 0 aromatic rings. The number of rotatable bonds is 3. The van der Waals surface area contributed by atoms with Gasteiger partial charge in [0.05, 0.1) is 12.2 Å². The summed E-state index contributed by atoms with van der Waals surface area (Å²) in [6, 6.07) is 0. The number of hydrogen-bond donors (Lipinski definition) is 0. The second kappa shape index (κ2) is 4.94. The molecule has 0 aromatic carbocycles. The number of nitrogens with zero attached hydrogens (tertiary/aromatic N) is 2. The van der Waals surface area contributed by atoms with Crippen LogP contribution in [0.3, 0.4) is 0 Å². The van der Waals surface area contributed by atoms with Gasteiger partial charge in [-0.3, -0.25) is 4.90 Å². The van der Waals surface area contributed by atoms with Crippen LogP contribution >= 0.6 is 0 Å². The van der Waals surface area contributed by atoms with Gasteiger partial charge in [0.2, 0.25) is 0 Å². The van der Waals surface area contributed by atoms with Crippen LogP contribution < -0.4 is 5.32 Å². The summed E-state index contributed by atoms with van der Waals surface area (Å²) in [4.78, 5) is 2.42. The highest BCUT2D eigenvalue weighted by atomic mass is 16.5. The third-order valence-electron chi connectivity index (χ3n) is 2.09. The predicted molar refractivity (Wildman–Crippen MR) is 54.0 cm³/mol. The normalized spacial score (nSPS) is 20.5. The Morgan fingerprint density at radius 1 is 1.23 bits per heavy atom. The van der Waals surface area contributed by atoms with Crippen LogP contribution in [-0.2, 0) is 4.74 Å². The van der Waals surface area contributed by atoms with Gasteiger partial charge in [-0.25, -0.2) is 5.32 Å². The third kappa shape index (κ3) is 5.24. The zero-order chi connectivity index (χ0) is 9.73. The topological polar surface area (TPSA) is 26.6 Å². The van der Waals surface area contributed by atoms with E-state index in [2.05, 4.69) is 31.0 Å². The molecule has 0 spiro atoms. The van der Waals surface area contributed by atoms with Gasteiger partial charge in [-0.1, -0.05) is 0 Å². The molecule has 0 unspecified atom stereocenters. The first-order chi connectivity index (χ1) is 6.08. The monoisotopic (exact) mass is 185 g/mol. The minimum Gasteiger partial charge on any atom is -0.375 e. The van der Waals surface area contributed by atoms with Crippen LogP contribution in [0.2, 0.25) is 0 Å². The van der Waals surface area contributed by atoms with Crippen molar-refractivity contribution in [1.29, 1.82) is 0 Å². The van der Waals surface area contributed by atoms with E-state index in [1.165, 1.54) is 0 Å². The molecule has 1 fully saturated rings. The summed E-state index contributed by atoms with van der Waals surface area (Å²) in [5, 5.41) is 4.30. The second-order valence-corrected chi connectivity index (χ2v) is 4.47. The van der Waals surface area contributed by atoms with Crippen molar-refractivity contribution in [1.82, 2.24) is 10.2 Å². The van der Waals surface area contributed by atoms with Crippen molar-refractivity contribution in [3.63, 3.8) is 0 Å². The van der Waals surface area contributed by atoms with Gasteiger partial charge in [-0.2, -0.15) is 0 Å². The SMILES string of the molecule is CC(C)(C)OCCN1CC[N]CC1. The van der Waals surface area contributed by atoms with Gasteiger partial charge in [0.1, 0.15) is 0 Å². The molecule has 3 nitrogen and oxygen atoms in total. The molecule has 1 radical (unpaired) electrons. The fraction of sp³-hybridized carbons (Fsp3) is 1.00. The number of hydrogen-bond acceptors (Lipinski definition) is 2. The van der Waals surface area contributed by atoms with E-state index in [1.54, 1.807) is 0 Å². The fourth-order valence-electron chi connectivity index (χ4n) is 1.35. The van der Waals surface area contributed by atoms with E-state index < -0.39 is 0 Å². The van der Waals surface area contributed by atoms with Crippen LogP contribution in [0, 0.1) is 0 Å². The van der Waals surface area contributed by atoms with E-state index in [0.717, 1.165) is 39.3 Å². The van der Waals surface area contributed by atoms with Crippen LogP contribution in [0.25, 0.3) is 0 Å². The summed E-state index contributed by atoms with van der Waals surface area (Å²) >= 11 is 0. The fourth-order valence-corrected chi connectivity index (χ4v) is 1.35. The van der Waals surface area contributed by atoms with Crippen molar-refractivity contribution in [3.05, 3.63) is 0 Å². The average molecular weight is 185 g/mol. The highest BCUT2D eigenvalue weighted by Gasteiger charge is 2.13. The third-order valence-corrected chi connectivity index (χ3v) is 2.09. The van der Waals surface area contributed by atoms with Crippen molar-refractivity contribution in [3.8, 4) is 0 Å². The summed E-state index contributed by atoms with van der Waals surface area (Å²) in [5.41, 5.74) is 0.000161. The molecular formula is C10H21N2O. The minimum absolute atomic E-state index is 0.000161. The molecule has 0 amide bonds. The molecule has 1 heterocycles. The van der Waals surface area contributed by atoms with Gasteiger partial charge in [0, 0.05) is 32.7 Å². The smallest absolute Gasteiger partial charge is 0.0600 e. The largest absolute Gasteiger partial charge is 0.375 e. The van der Waals surface area contributed by atoms with E-state index in [0.29, 0.717) is 0 Å². The van der Waals surface area contributed by atoms with Crippen LogP contribution in [0.1, 0.15) is 20.8 Å². The zero-order valence-corrected chi connectivity index (χ0v) is 9.05. The lowest BCUT2D eigenvalue weighted by atomic mass is 10.2. The molecule has 1 aliphatic heterocycles. The molecule has 1 aliphatic rings. The van der Waals surface area contributed by atoms with E-state index in [9.17, 15) is 0 Å². The molecule has 0 aliphatic carbocycles. The molecular weight excluding hydrogens is 164 g/mol. The Balaban J connectivity index is 2.04. The van der Waals surface area contributed by atoms with Crippen molar-refractivity contribution in [2.75, 3.05) is 39.3 Å². The summed E-state index contributed by atoms with van der Waals surface area (Å²) in [5.74, 6) is 0. The Hall–Kier alpha value is -0.120. The Morgan fingerprint density at radius 3 is 2.38 bits per heavy atom. The number of ether oxygens (including phenoxy) is 1. The minimum atomic E-state index is 0.000161. The van der Waals surface area contributed by atoms with Crippen LogP contribution in [-0.4, -0.2) is 49.8 Å². The van der Waals surface area contributed by atoms with E-state index in [1.807, 2.05) is 0 Å². The molecule has 3 heteroatoms. The Bertz CT molecular complexity index is 136.